The highest BCUT2D eigenvalue weighted by Gasteiger charge is 2.13. The summed E-state index contributed by atoms with van der Waals surface area (Å²) in [5.74, 6) is -0.307. The van der Waals surface area contributed by atoms with Gasteiger partial charge in [-0.05, 0) is 36.8 Å². The first-order chi connectivity index (χ1) is 15.0. The van der Waals surface area contributed by atoms with Gasteiger partial charge in [0.2, 0.25) is 5.13 Å². The van der Waals surface area contributed by atoms with Gasteiger partial charge < -0.3 is 4.98 Å². The number of H-pyrrole nitrogens is 1. The number of hydrogen-bond donors (Lipinski definition) is 2. The number of nitrogens with one attached hydrogen (secondary N) is 2. The Labute approximate surface area is 190 Å². The molecule has 0 bridgehead atoms. The van der Waals surface area contributed by atoms with E-state index in [1.54, 1.807) is 24.3 Å². The van der Waals surface area contributed by atoms with E-state index in [9.17, 15) is 9.59 Å². The average molecular weight is 458 g/mol. The molecule has 2 aromatic heterocycles. The Hall–Kier alpha value is -2.65. The fourth-order valence-corrected chi connectivity index (χ4v) is 4.37. The number of carbonyl (C=O) groups is 1. The number of carbonyl (C=O) groups excluding carboxylic acids is 1. The second-order valence-corrected chi connectivity index (χ2v) is 8.82. The molecule has 2 N–H and O–H groups in total. The summed E-state index contributed by atoms with van der Waals surface area (Å²) in [4.78, 5) is 28.3. The minimum absolute atomic E-state index is 0.214. The highest BCUT2D eigenvalue weighted by atomic mass is 32.1. The number of nitrogens with zero attached hydrogens (tertiary/aromatic N) is 3. The molecule has 0 saturated heterocycles. The van der Waals surface area contributed by atoms with E-state index in [1.165, 1.54) is 48.0 Å². The van der Waals surface area contributed by atoms with E-state index in [1.807, 2.05) is 0 Å². The van der Waals surface area contributed by atoms with Crippen molar-refractivity contribution in [2.75, 3.05) is 5.32 Å². The lowest BCUT2D eigenvalue weighted by Gasteiger charge is -2.07. The van der Waals surface area contributed by atoms with Crippen LogP contribution in [0.3, 0.4) is 0 Å². The summed E-state index contributed by atoms with van der Waals surface area (Å²) in [7, 11) is 0. The lowest BCUT2D eigenvalue weighted by atomic mass is 10.1. The van der Waals surface area contributed by atoms with E-state index in [-0.39, 0.29) is 11.5 Å². The van der Waals surface area contributed by atoms with Gasteiger partial charge in [-0.2, -0.15) is 0 Å². The van der Waals surface area contributed by atoms with Gasteiger partial charge in [-0.1, -0.05) is 56.4 Å². The number of aromatic nitrogens is 4. The van der Waals surface area contributed by atoms with Gasteiger partial charge in [0.15, 0.2) is 4.77 Å². The summed E-state index contributed by atoms with van der Waals surface area (Å²) in [5.41, 5.74) is 0.713. The van der Waals surface area contributed by atoms with Crippen LogP contribution >= 0.6 is 23.6 Å². The zero-order valence-electron chi connectivity index (χ0n) is 17.6. The molecule has 0 saturated carbocycles. The number of anilines is 1. The van der Waals surface area contributed by atoms with Gasteiger partial charge >= 0.3 is 0 Å². The van der Waals surface area contributed by atoms with Crippen LogP contribution in [0, 0.1) is 4.77 Å². The quantitative estimate of drug-likeness (QED) is 0.233. The third-order valence-corrected chi connectivity index (χ3v) is 6.21. The summed E-state index contributed by atoms with van der Waals surface area (Å²) >= 11 is 6.65. The first-order valence-corrected chi connectivity index (χ1v) is 11.8. The molecule has 0 aliphatic rings. The molecular weight excluding hydrogens is 430 g/mol. The predicted octanol–water partition coefficient (Wildman–Crippen LogP) is 5.25. The van der Waals surface area contributed by atoms with Crippen molar-refractivity contribution in [2.45, 2.75) is 58.4 Å². The van der Waals surface area contributed by atoms with Gasteiger partial charge in [-0.3, -0.25) is 19.5 Å². The smallest absolute Gasteiger partial charge is 0.262 e. The molecule has 164 valence electrons. The monoisotopic (exact) mass is 457 g/mol. The van der Waals surface area contributed by atoms with Gasteiger partial charge in [0.25, 0.3) is 11.5 Å². The van der Waals surface area contributed by atoms with Crippen molar-refractivity contribution in [2.24, 2.45) is 0 Å². The second-order valence-electron chi connectivity index (χ2n) is 7.37. The molecule has 0 aliphatic heterocycles. The molecule has 0 aliphatic carbocycles. The molecule has 1 aromatic carbocycles. The third kappa shape index (κ3) is 5.95. The van der Waals surface area contributed by atoms with Crippen LogP contribution in [0.25, 0.3) is 10.9 Å². The first-order valence-electron chi connectivity index (χ1n) is 10.5. The molecule has 9 heteroatoms. The Morgan fingerprint density at radius 3 is 2.81 bits per heavy atom. The average Bonchev–Trinajstić information content (AvgIpc) is 3.20. The molecule has 31 heavy (non-hydrogen) atoms. The molecule has 0 fully saturated rings. The number of fused-ring (bicyclic) bond motifs is 1. The van der Waals surface area contributed by atoms with Crippen molar-refractivity contribution in [1.29, 1.82) is 0 Å². The molecular formula is C22H27N5O2S2. The van der Waals surface area contributed by atoms with Crippen molar-refractivity contribution < 1.29 is 4.79 Å². The molecule has 3 aromatic rings. The maximum Gasteiger partial charge on any atom is 0.262 e. The van der Waals surface area contributed by atoms with Crippen molar-refractivity contribution in [3.05, 3.63) is 56.6 Å². The molecule has 2 heterocycles. The second kappa shape index (κ2) is 11.1. The zero-order valence-corrected chi connectivity index (χ0v) is 19.3. The number of benzene rings is 1. The molecule has 0 atom stereocenters. The van der Waals surface area contributed by atoms with E-state index in [4.69, 9.17) is 12.2 Å². The summed E-state index contributed by atoms with van der Waals surface area (Å²) in [6.45, 7) is 6.18. The standard InChI is InChI=1S/C22H27N5O2S2/c1-3-5-6-7-8-9-10-18-25-26-21(31-18)24-19(28)15-11-12-16-17(14-15)23-22(30)27(13-4-2)20(16)29/h4,11-12,14H,2-3,5-10,13H2,1H3,(H,23,30)(H,24,26,28). The lowest BCUT2D eigenvalue weighted by molar-refractivity contribution is 0.102. The molecule has 0 spiro atoms. The van der Waals surface area contributed by atoms with Gasteiger partial charge in [0.05, 0.1) is 10.9 Å². The number of unbranched alkanes of at least 4 members (excludes halogenated alkanes) is 5. The Balaban J connectivity index is 1.65. The number of allylic oxidation sites excluding steroid dienone is 1. The minimum atomic E-state index is -0.307. The molecule has 3 rings (SSSR count). The van der Waals surface area contributed by atoms with Gasteiger partial charge in [0, 0.05) is 18.5 Å². The van der Waals surface area contributed by atoms with Crippen LogP contribution in [0.5, 0.6) is 0 Å². The van der Waals surface area contributed by atoms with Gasteiger partial charge in [0.1, 0.15) is 5.01 Å². The summed E-state index contributed by atoms with van der Waals surface area (Å²) in [6.07, 6.45) is 9.83. The van der Waals surface area contributed by atoms with E-state index < -0.39 is 0 Å². The van der Waals surface area contributed by atoms with Crippen molar-refractivity contribution >= 4 is 45.5 Å². The minimum Gasteiger partial charge on any atom is -0.332 e. The van der Waals surface area contributed by atoms with Crippen LogP contribution < -0.4 is 10.9 Å². The maximum absolute atomic E-state index is 12.7. The van der Waals surface area contributed by atoms with E-state index >= 15 is 0 Å². The van der Waals surface area contributed by atoms with Crippen LogP contribution in [-0.2, 0) is 13.0 Å². The molecule has 0 radical (unpaired) electrons. The highest BCUT2D eigenvalue weighted by molar-refractivity contribution is 7.71. The van der Waals surface area contributed by atoms with Crippen molar-refractivity contribution in [1.82, 2.24) is 19.7 Å². The Morgan fingerprint density at radius 2 is 2.03 bits per heavy atom. The van der Waals surface area contributed by atoms with Crippen molar-refractivity contribution in [3.63, 3.8) is 0 Å². The fraction of sp³-hybridized carbons (Fsp3) is 0.409. The normalized spacial score (nSPS) is 11.0. The summed E-state index contributed by atoms with van der Waals surface area (Å²) in [6, 6.07) is 4.87. The largest absolute Gasteiger partial charge is 0.332 e. The van der Waals surface area contributed by atoms with Gasteiger partial charge in [-0.15, -0.1) is 16.8 Å². The number of aromatic amines is 1. The van der Waals surface area contributed by atoms with Crippen LogP contribution in [-0.4, -0.2) is 25.7 Å². The highest BCUT2D eigenvalue weighted by Crippen LogP contribution is 2.19. The van der Waals surface area contributed by atoms with Gasteiger partial charge in [-0.25, -0.2) is 0 Å². The Kier molecular flexibility index (Phi) is 8.25. The predicted molar refractivity (Wildman–Crippen MR) is 129 cm³/mol. The first kappa shape index (κ1) is 23.0. The van der Waals surface area contributed by atoms with Crippen LogP contribution in [0.2, 0.25) is 0 Å². The topological polar surface area (TPSA) is 92.7 Å². The lowest BCUT2D eigenvalue weighted by Crippen LogP contribution is -2.22. The molecule has 1 amide bonds. The van der Waals surface area contributed by atoms with Crippen LogP contribution in [0.15, 0.2) is 35.6 Å². The van der Waals surface area contributed by atoms with Crippen LogP contribution in [0.4, 0.5) is 5.13 Å². The summed E-state index contributed by atoms with van der Waals surface area (Å²) in [5, 5.41) is 12.9. The Morgan fingerprint density at radius 1 is 1.26 bits per heavy atom. The molecule has 0 unspecified atom stereocenters. The Bertz CT molecular complexity index is 1180. The van der Waals surface area contributed by atoms with E-state index in [0.717, 1.165) is 17.8 Å². The fourth-order valence-electron chi connectivity index (χ4n) is 3.32. The SMILES string of the molecule is C=CCn1c(=S)[nH]c2cc(C(=O)Nc3nnc(CCCCCCCC)s3)ccc2c1=O. The number of amides is 1. The number of rotatable bonds is 11. The van der Waals surface area contributed by atoms with Crippen LogP contribution in [0.1, 0.15) is 60.8 Å². The van der Waals surface area contributed by atoms with E-state index in [2.05, 4.69) is 34.0 Å². The third-order valence-electron chi connectivity index (χ3n) is 4.99. The zero-order chi connectivity index (χ0) is 22.2. The summed E-state index contributed by atoms with van der Waals surface area (Å²) < 4.78 is 1.72. The maximum atomic E-state index is 12.7. The molecule has 7 nitrogen and oxygen atoms in total. The number of aryl methyl sites for hydroxylation is 1. The van der Waals surface area contributed by atoms with Crippen molar-refractivity contribution in [3.8, 4) is 0 Å². The van der Waals surface area contributed by atoms with E-state index in [0.29, 0.717) is 32.9 Å². The number of hydrogen-bond acceptors (Lipinski definition) is 6.